The van der Waals surface area contributed by atoms with Crippen LogP contribution in [-0.4, -0.2) is 24.4 Å². The van der Waals surface area contributed by atoms with E-state index in [9.17, 15) is 4.79 Å². The normalized spacial score (nSPS) is 12.3. The average molecular weight is 288 g/mol. The predicted molar refractivity (Wildman–Crippen MR) is 83.7 cm³/mol. The molecule has 2 rings (SSSR count). The average Bonchev–Trinajstić information content (AvgIpc) is 2.92. The van der Waals surface area contributed by atoms with Crippen LogP contribution in [0.4, 0.5) is 0 Å². The first-order chi connectivity index (χ1) is 9.65. The van der Waals surface area contributed by atoms with E-state index in [4.69, 9.17) is 0 Å². The summed E-state index contributed by atoms with van der Waals surface area (Å²) in [7, 11) is 1.96. The van der Waals surface area contributed by atoms with Crippen molar-refractivity contribution in [3.63, 3.8) is 0 Å². The summed E-state index contributed by atoms with van der Waals surface area (Å²) < 4.78 is 0. The summed E-state index contributed by atoms with van der Waals surface area (Å²) in [5.41, 5.74) is 2.38. The molecule has 0 saturated heterocycles. The number of nitrogens with one attached hydrogen (secondary N) is 1. The van der Waals surface area contributed by atoms with Crippen molar-refractivity contribution in [2.24, 2.45) is 0 Å². The molecule has 0 saturated carbocycles. The van der Waals surface area contributed by atoms with Crippen molar-refractivity contribution >= 4 is 17.2 Å². The summed E-state index contributed by atoms with van der Waals surface area (Å²) in [4.78, 5) is 14.0. The van der Waals surface area contributed by atoms with Gasteiger partial charge in [-0.2, -0.15) is 11.3 Å². The first-order valence-corrected chi connectivity index (χ1v) is 7.63. The first kappa shape index (κ1) is 14.8. The molecule has 0 fully saturated rings. The molecular formula is C16H20N2OS. The third kappa shape index (κ3) is 4.47. The SMILES string of the molecule is C[C@H](NC(=O)CN(C)Cc1ccsc1)c1ccccc1. The van der Waals surface area contributed by atoms with E-state index in [-0.39, 0.29) is 11.9 Å². The Morgan fingerprint density at radius 1 is 1.30 bits per heavy atom. The fourth-order valence-electron chi connectivity index (χ4n) is 2.11. The Hall–Kier alpha value is -1.65. The van der Waals surface area contributed by atoms with Gasteiger partial charge in [-0.05, 0) is 41.9 Å². The Kier molecular flexibility index (Phi) is 5.32. The Balaban J connectivity index is 1.80. The topological polar surface area (TPSA) is 32.3 Å². The summed E-state index contributed by atoms with van der Waals surface area (Å²) >= 11 is 1.68. The number of rotatable bonds is 6. The van der Waals surface area contributed by atoms with Gasteiger partial charge in [0.05, 0.1) is 12.6 Å². The molecule has 0 radical (unpaired) electrons. The Morgan fingerprint density at radius 3 is 2.70 bits per heavy atom. The molecule has 4 heteroatoms. The Morgan fingerprint density at radius 2 is 2.05 bits per heavy atom. The van der Waals surface area contributed by atoms with E-state index < -0.39 is 0 Å². The van der Waals surface area contributed by atoms with Gasteiger partial charge < -0.3 is 5.32 Å². The van der Waals surface area contributed by atoms with Crippen LogP contribution in [0, 0.1) is 0 Å². The second-order valence-electron chi connectivity index (χ2n) is 5.00. The van der Waals surface area contributed by atoms with E-state index in [1.54, 1.807) is 11.3 Å². The number of carbonyl (C=O) groups is 1. The van der Waals surface area contributed by atoms with Crippen LogP contribution in [0.15, 0.2) is 47.2 Å². The van der Waals surface area contributed by atoms with E-state index in [0.717, 1.165) is 12.1 Å². The van der Waals surface area contributed by atoms with Gasteiger partial charge in [0, 0.05) is 6.54 Å². The van der Waals surface area contributed by atoms with Crippen molar-refractivity contribution in [1.29, 1.82) is 0 Å². The molecule has 2 aromatic rings. The van der Waals surface area contributed by atoms with Crippen molar-refractivity contribution in [2.45, 2.75) is 19.5 Å². The molecule has 1 heterocycles. The zero-order chi connectivity index (χ0) is 14.4. The molecule has 0 spiro atoms. The number of hydrogen-bond donors (Lipinski definition) is 1. The predicted octanol–water partition coefficient (Wildman–Crippen LogP) is 3.06. The van der Waals surface area contributed by atoms with Crippen molar-refractivity contribution in [3.8, 4) is 0 Å². The van der Waals surface area contributed by atoms with Crippen LogP contribution in [0.3, 0.4) is 0 Å². The lowest BCUT2D eigenvalue weighted by molar-refractivity contribution is -0.122. The third-order valence-corrected chi connectivity index (χ3v) is 3.86. The van der Waals surface area contributed by atoms with Gasteiger partial charge in [0.25, 0.3) is 0 Å². The molecule has 3 nitrogen and oxygen atoms in total. The van der Waals surface area contributed by atoms with Gasteiger partial charge in [-0.25, -0.2) is 0 Å². The smallest absolute Gasteiger partial charge is 0.234 e. The molecule has 0 aliphatic heterocycles. The maximum absolute atomic E-state index is 12.0. The van der Waals surface area contributed by atoms with Gasteiger partial charge in [-0.3, -0.25) is 9.69 Å². The number of likely N-dealkylation sites (N-methyl/N-ethyl adjacent to an activating group) is 1. The monoisotopic (exact) mass is 288 g/mol. The molecule has 1 N–H and O–H groups in total. The fourth-order valence-corrected chi connectivity index (χ4v) is 2.77. The molecule has 0 aliphatic rings. The fraction of sp³-hybridized carbons (Fsp3) is 0.312. The van der Waals surface area contributed by atoms with E-state index in [2.05, 4.69) is 22.1 Å². The van der Waals surface area contributed by atoms with Crippen LogP contribution in [-0.2, 0) is 11.3 Å². The number of nitrogens with zero attached hydrogens (tertiary/aromatic N) is 1. The summed E-state index contributed by atoms with van der Waals surface area (Å²) in [6, 6.07) is 12.1. The Labute approximate surface area is 124 Å². The number of hydrogen-bond acceptors (Lipinski definition) is 3. The second kappa shape index (κ2) is 7.22. The molecular weight excluding hydrogens is 268 g/mol. The maximum Gasteiger partial charge on any atom is 0.234 e. The highest BCUT2D eigenvalue weighted by Crippen LogP contribution is 2.11. The van der Waals surface area contributed by atoms with E-state index in [1.807, 2.05) is 49.2 Å². The summed E-state index contributed by atoms with van der Waals surface area (Å²) in [5.74, 6) is 0.0547. The highest BCUT2D eigenvalue weighted by Gasteiger charge is 2.11. The molecule has 1 atom stereocenters. The Bertz CT molecular complexity index is 525. The van der Waals surface area contributed by atoms with Crippen LogP contribution in [0.25, 0.3) is 0 Å². The maximum atomic E-state index is 12.0. The minimum atomic E-state index is 0.0400. The molecule has 0 unspecified atom stereocenters. The van der Waals surface area contributed by atoms with Crippen LogP contribution >= 0.6 is 11.3 Å². The summed E-state index contributed by atoms with van der Waals surface area (Å²) in [6.07, 6.45) is 0. The van der Waals surface area contributed by atoms with E-state index in [1.165, 1.54) is 5.56 Å². The van der Waals surface area contributed by atoms with Crippen molar-refractivity contribution in [3.05, 3.63) is 58.3 Å². The lowest BCUT2D eigenvalue weighted by atomic mass is 10.1. The largest absolute Gasteiger partial charge is 0.348 e. The molecule has 20 heavy (non-hydrogen) atoms. The van der Waals surface area contributed by atoms with Crippen LogP contribution in [0.1, 0.15) is 24.1 Å². The number of thiophene rings is 1. The molecule has 0 aliphatic carbocycles. The van der Waals surface area contributed by atoms with Crippen molar-refractivity contribution in [1.82, 2.24) is 10.2 Å². The van der Waals surface area contributed by atoms with Crippen molar-refractivity contribution in [2.75, 3.05) is 13.6 Å². The second-order valence-corrected chi connectivity index (χ2v) is 5.78. The van der Waals surface area contributed by atoms with Crippen LogP contribution < -0.4 is 5.32 Å². The number of amides is 1. The standard InChI is InChI=1S/C16H20N2OS/c1-13(15-6-4-3-5-7-15)17-16(19)11-18(2)10-14-8-9-20-12-14/h3-9,12-13H,10-11H2,1-2H3,(H,17,19)/t13-/m0/s1. The van der Waals surface area contributed by atoms with Gasteiger partial charge in [0.15, 0.2) is 0 Å². The lowest BCUT2D eigenvalue weighted by Gasteiger charge is -2.18. The molecule has 0 bridgehead atoms. The zero-order valence-corrected chi connectivity index (χ0v) is 12.7. The molecule has 1 aromatic carbocycles. The van der Waals surface area contributed by atoms with Gasteiger partial charge in [0.1, 0.15) is 0 Å². The van der Waals surface area contributed by atoms with Gasteiger partial charge in [-0.15, -0.1) is 0 Å². The highest BCUT2D eigenvalue weighted by atomic mass is 32.1. The molecule has 1 aromatic heterocycles. The molecule has 1 amide bonds. The van der Waals surface area contributed by atoms with Crippen LogP contribution in [0.2, 0.25) is 0 Å². The summed E-state index contributed by atoms with van der Waals surface area (Å²) in [5, 5.41) is 7.20. The molecule has 106 valence electrons. The zero-order valence-electron chi connectivity index (χ0n) is 11.9. The number of benzene rings is 1. The third-order valence-electron chi connectivity index (χ3n) is 3.12. The minimum Gasteiger partial charge on any atom is -0.348 e. The lowest BCUT2D eigenvalue weighted by Crippen LogP contribution is -2.36. The summed E-state index contributed by atoms with van der Waals surface area (Å²) in [6.45, 7) is 3.22. The van der Waals surface area contributed by atoms with Gasteiger partial charge in [-0.1, -0.05) is 30.3 Å². The van der Waals surface area contributed by atoms with Gasteiger partial charge in [0.2, 0.25) is 5.91 Å². The van der Waals surface area contributed by atoms with E-state index >= 15 is 0 Å². The van der Waals surface area contributed by atoms with E-state index in [0.29, 0.717) is 6.54 Å². The van der Waals surface area contributed by atoms with Crippen molar-refractivity contribution < 1.29 is 4.79 Å². The quantitative estimate of drug-likeness (QED) is 0.886. The number of carbonyl (C=O) groups excluding carboxylic acids is 1. The first-order valence-electron chi connectivity index (χ1n) is 6.69. The van der Waals surface area contributed by atoms with Gasteiger partial charge >= 0.3 is 0 Å². The van der Waals surface area contributed by atoms with Crippen LogP contribution in [0.5, 0.6) is 0 Å². The highest BCUT2D eigenvalue weighted by molar-refractivity contribution is 7.07. The minimum absolute atomic E-state index is 0.0400.